The maximum atomic E-state index is 15.4. The van der Waals surface area contributed by atoms with Gasteiger partial charge in [-0.2, -0.15) is 0 Å². The van der Waals surface area contributed by atoms with Crippen molar-refractivity contribution < 1.29 is 90.4 Å². The van der Waals surface area contributed by atoms with Gasteiger partial charge in [-0.1, -0.05) is 31.6 Å². The number of nitrogens with one attached hydrogen (secondary N) is 1. The first kappa shape index (κ1) is 50.0. The SMILES string of the molecule is CC(=O)O[C@H]1C(=O)[C@@]2(C)[C@H]([C@H](OC(=O)c3cccc(OC(F)(F)F)c3)[C@]3(O)C[C@H](OC(=O)[C@H](O)[C@H](C=C(C)C)NC(=O)OC(C)(C)C)C(C)=C1C3(C)C)[C@]1(OC(C)=O)CO[C@@H]1C[C@@H]2O. The number of carbonyl (C=O) groups is 6. The number of Topliss-reactive ketones (excluding diaryl/α,β-unsaturated/α-hetero) is 1. The largest absolute Gasteiger partial charge is 0.573 e. The minimum atomic E-state index is -5.16. The van der Waals surface area contributed by atoms with E-state index in [1.165, 1.54) is 33.8 Å². The molecule has 0 radical (unpaired) electrons. The molecule has 354 valence electrons. The van der Waals surface area contributed by atoms with E-state index in [9.17, 15) is 52.5 Å². The summed E-state index contributed by atoms with van der Waals surface area (Å²) < 4.78 is 78.8. The van der Waals surface area contributed by atoms with Crippen LogP contribution in [0.3, 0.4) is 0 Å². The molecular formula is C44H56F3NO16. The summed E-state index contributed by atoms with van der Waals surface area (Å²) in [7, 11) is 0. The zero-order chi connectivity index (χ0) is 48.3. The van der Waals surface area contributed by atoms with Gasteiger partial charge in [-0.15, -0.1) is 13.2 Å². The van der Waals surface area contributed by atoms with E-state index in [-0.39, 0.29) is 17.6 Å². The van der Waals surface area contributed by atoms with Crippen molar-refractivity contribution in [1.82, 2.24) is 5.32 Å². The highest BCUT2D eigenvalue weighted by atomic mass is 19.4. The van der Waals surface area contributed by atoms with Crippen LogP contribution in [0.4, 0.5) is 18.0 Å². The monoisotopic (exact) mass is 911 g/mol. The lowest BCUT2D eigenvalue weighted by atomic mass is 9.44. The van der Waals surface area contributed by atoms with Crippen LogP contribution in [0.25, 0.3) is 0 Å². The maximum absolute atomic E-state index is 15.4. The third-order valence-electron chi connectivity index (χ3n) is 12.5. The summed E-state index contributed by atoms with van der Waals surface area (Å²) in [5, 5.41) is 39.5. The Labute approximate surface area is 367 Å². The molecule has 1 aliphatic heterocycles. The number of ether oxygens (including phenoxy) is 7. The molecule has 2 saturated carbocycles. The Morgan fingerprint density at radius 2 is 1.62 bits per heavy atom. The molecule has 20 heteroatoms. The van der Waals surface area contributed by atoms with E-state index < -0.39 is 143 Å². The molecule has 1 saturated heterocycles. The molecule has 1 amide bonds. The second kappa shape index (κ2) is 17.4. The van der Waals surface area contributed by atoms with E-state index in [1.54, 1.807) is 34.6 Å². The van der Waals surface area contributed by atoms with Crippen molar-refractivity contribution in [3.05, 3.63) is 52.6 Å². The van der Waals surface area contributed by atoms with E-state index in [0.717, 1.165) is 38.1 Å². The number of alkyl carbamates (subject to hydrolysis) is 1. The number of amides is 1. The maximum Gasteiger partial charge on any atom is 0.573 e. The number of aliphatic hydroxyl groups excluding tert-OH is 2. The fraction of sp³-hybridized carbons (Fsp3) is 0.636. The van der Waals surface area contributed by atoms with Crippen LogP contribution in [0.1, 0.15) is 99.4 Å². The molecule has 11 atom stereocenters. The number of carbonyl (C=O) groups excluding carboxylic acids is 6. The lowest BCUT2D eigenvalue weighted by Gasteiger charge is -2.67. The van der Waals surface area contributed by atoms with Crippen LogP contribution in [-0.4, -0.2) is 124 Å². The smallest absolute Gasteiger partial charge is 0.456 e. The third kappa shape index (κ3) is 9.37. The van der Waals surface area contributed by atoms with Crippen molar-refractivity contribution in [2.24, 2.45) is 16.7 Å². The van der Waals surface area contributed by atoms with Crippen LogP contribution in [0.5, 0.6) is 5.75 Å². The number of benzene rings is 1. The lowest BCUT2D eigenvalue weighted by Crippen LogP contribution is -2.82. The van der Waals surface area contributed by atoms with Gasteiger partial charge >= 0.3 is 36.3 Å². The van der Waals surface area contributed by atoms with Crippen LogP contribution in [0.2, 0.25) is 0 Å². The van der Waals surface area contributed by atoms with Crippen LogP contribution >= 0.6 is 0 Å². The molecule has 0 spiro atoms. The average molecular weight is 912 g/mol. The Morgan fingerprint density at radius 1 is 0.984 bits per heavy atom. The van der Waals surface area contributed by atoms with Gasteiger partial charge in [0, 0.05) is 32.1 Å². The Morgan fingerprint density at radius 3 is 2.16 bits per heavy atom. The normalized spacial score (nSPS) is 31.7. The van der Waals surface area contributed by atoms with E-state index in [4.69, 9.17) is 28.4 Å². The molecule has 5 rings (SSSR count). The highest BCUT2D eigenvalue weighted by Gasteiger charge is 2.78. The van der Waals surface area contributed by atoms with Gasteiger partial charge in [0.1, 0.15) is 35.3 Å². The molecule has 1 heterocycles. The molecule has 1 aromatic carbocycles. The molecule has 2 bridgehead atoms. The number of alkyl halides is 3. The standard InChI is InChI=1S/C44H56F3NO16/c1-20(2)15-26(48-38(56)64-39(6,7)8)31(52)37(55)60-27-18-43(57)35(61-36(54)24-13-12-14-25(16-24)63-44(45,46)47)33-41(11,28(51)17-29-42(33,19-58-29)62-23(5)50)34(53)32(59-22(4)49)30(21(27)3)40(43,9)10/h12-16,26-29,31-33,35,51-52,57H,17-19H2,1-11H3,(H,48,56)/t26-,27-,28-,29+,31+,32+,33-,35-,41+,42-,43+/m0/s1. The Hall–Kier alpha value is -5.05. The van der Waals surface area contributed by atoms with Crippen molar-refractivity contribution in [2.45, 2.75) is 155 Å². The average Bonchev–Trinajstić information content (AvgIpc) is 3.13. The Kier molecular flexibility index (Phi) is 13.6. The van der Waals surface area contributed by atoms with Crippen LogP contribution in [0, 0.1) is 16.7 Å². The summed E-state index contributed by atoms with van der Waals surface area (Å²) in [4.78, 5) is 82.6. The number of aliphatic hydroxyl groups is 3. The summed E-state index contributed by atoms with van der Waals surface area (Å²) in [5.74, 6) is -8.19. The first-order valence-corrected chi connectivity index (χ1v) is 20.5. The number of ketones is 1. The first-order chi connectivity index (χ1) is 29.3. The van der Waals surface area contributed by atoms with Crippen molar-refractivity contribution in [2.75, 3.05) is 6.61 Å². The van der Waals surface area contributed by atoms with Gasteiger partial charge in [-0.05, 0) is 77.8 Å². The Bertz CT molecular complexity index is 2120. The van der Waals surface area contributed by atoms with Crippen molar-refractivity contribution >= 4 is 35.8 Å². The summed E-state index contributed by atoms with van der Waals surface area (Å²) in [6, 6.07) is 2.37. The van der Waals surface area contributed by atoms with Gasteiger partial charge in [0.2, 0.25) is 0 Å². The van der Waals surface area contributed by atoms with Gasteiger partial charge in [0.15, 0.2) is 23.6 Å². The number of esters is 4. The van der Waals surface area contributed by atoms with Crippen molar-refractivity contribution in [3.8, 4) is 5.75 Å². The predicted octanol–water partition coefficient (Wildman–Crippen LogP) is 4.32. The molecule has 0 unspecified atom stereocenters. The quantitative estimate of drug-likeness (QED) is 0.145. The molecule has 3 aliphatic carbocycles. The first-order valence-electron chi connectivity index (χ1n) is 20.5. The van der Waals surface area contributed by atoms with Gasteiger partial charge < -0.3 is 53.8 Å². The summed E-state index contributed by atoms with van der Waals surface area (Å²) >= 11 is 0. The number of fused-ring (bicyclic) bond motifs is 5. The molecule has 4 aliphatic rings. The van der Waals surface area contributed by atoms with Crippen LogP contribution in [-0.2, 0) is 47.6 Å². The highest BCUT2D eigenvalue weighted by Crippen LogP contribution is 2.64. The van der Waals surface area contributed by atoms with Crippen LogP contribution in [0.15, 0.2) is 47.1 Å². The molecular weight excluding hydrogens is 855 g/mol. The molecule has 1 aromatic rings. The lowest BCUT2D eigenvalue weighted by molar-refractivity contribution is -0.346. The number of hydrogen-bond acceptors (Lipinski definition) is 16. The van der Waals surface area contributed by atoms with Gasteiger partial charge in [-0.25, -0.2) is 14.4 Å². The van der Waals surface area contributed by atoms with Crippen molar-refractivity contribution in [1.29, 1.82) is 0 Å². The summed E-state index contributed by atoms with van der Waals surface area (Å²) in [6.45, 7) is 15.2. The molecule has 3 fully saturated rings. The van der Waals surface area contributed by atoms with E-state index in [0.29, 0.717) is 5.57 Å². The fourth-order valence-corrected chi connectivity index (χ4v) is 9.63. The number of halogens is 3. The minimum Gasteiger partial charge on any atom is -0.456 e. The molecule has 64 heavy (non-hydrogen) atoms. The van der Waals surface area contributed by atoms with E-state index in [1.807, 2.05) is 0 Å². The third-order valence-corrected chi connectivity index (χ3v) is 12.5. The topological polar surface area (TPSA) is 240 Å². The number of rotatable bonds is 10. The highest BCUT2D eigenvalue weighted by molar-refractivity contribution is 5.95. The predicted molar refractivity (Wildman–Crippen MR) is 214 cm³/mol. The number of hydrogen-bond donors (Lipinski definition) is 4. The van der Waals surface area contributed by atoms with Gasteiger partial charge in [0.05, 0.1) is 35.6 Å². The minimum absolute atomic E-state index is 0.0441. The second-order valence-corrected chi connectivity index (χ2v) is 18.8. The van der Waals surface area contributed by atoms with Gasteiger partial charge in [0.25, 0.3) is 0 Å². The molecule has 17 nitrogen and oxygen atoms in total. The zero-order valence-corrected chi connectivity index (χ0v) is 37.4. The zero-order valence-electron chi connectivity index (χ0n) is 37.4. The summed E-state index contributed by atoms with van der Waals surface area (Å²) in [6.07, 6.45) is -16.5. The van der Waals surface area contributed by atoms with Crippen molar-refractivity contribution in [3.63, 3.8) is 0 Å². The molecule has 4 N–H and O–H groups in total. The van der Waals surface area contributed by atoms with Crippen LogP contribution < -0.4 is 10.1 Å². The van der Waals surface area contributed by atoms with Gasteiger partial charge in [-0.3, -0.25) is 14.4 Å². The fourth-order valence-electron chi connectivity index (χ4n) is 9.63. The molecule has 0 aromatic heterocycles. The second-order valence-electron chi connectivity index (χ2n) is 18.8. The summed E-state index contributed by atoms with van der Waals surface area (Å²) in [5.41, 5.74) is -9.69. The number of allylic oxidation sites excluding steroid dienone is 1. The van der Waals surface area contributed by atoms with E-state index in [2.05, 4.69) is 10.1 Å². The van der Waals surface area contributed by atoms with E-state index >= 15 is 4.79 Å². The Balaban J connectivity index is 1.74.